The van der Waals surface area contributed by atoms with Crippen molar-refractivity contribution in [2.45, 2.75) is 31.5 Å². The Labute approximate surface area is 148 Å². The second-order valence-electron chi connectivity index (χ2n) is 6.44. The highest BCUT2D eigenvalue weighted by molar-refractivity contribution is 7.13. The van der Waals surface area contributed by atoms with Crippen LogP contribution < -0.4 is 5.76 Å². The highest BCUT2D eigenvalue weighted by Crippen LogP contribution is 2.26. The first-order valence-corrected chi connectivity index (χ1v) is 9.07. The molecule has 3 aromatic rings. The van der Waals surface area contributed by atoms with Crippen LogP contribution in [0.1, 0.15) is 18.4 Å². The fourth-order valence-corrected chi connectivity index (χ4v) is 3.76. The molecule has 25 heavy (non-hydrogen) atoms. The minimum atomic E-state index is -0.944. The van der Waals surface area contributed by atoms with Crippen molar-refractivity contribution in [1.29, 1.82) is 0 Å². The van der Waals surface area contributed by atoms with E-state index in [-0.39, 0.29) is 6.54 Å². The second-order valence-corrected chi connectivity index (χ2v) is 7.39. The molecule has 8 heteroatoms. The standard InChI is InChI=1S/C17H19N3O4S/c21-16-20(18-15(24-16)14-2-1-9-25-14)12-17(22)4-6-19(7-5-17)10-13-3-8-23-11-13/h1-3,8-9,11,22H,4-7,10,12H2. The number of hydrogen-bond donors (Lipinski definition) is 1. The van der Waals surface area contributed by atoms with Crippen molar-refractivity contribution in [1.82, 2.24) is 14.7 Å². The van der Waals surface area contributed by atoms with Crippen LogP contribution in [0.4, 0.5) is 0 Å². The molecule has 1 saturated heterocycles. The number of likely N-dealkylation sites (tertiary alicyclic amines) is 1. The second kappa shape index (κ2) is 6.62. The van der Waals surface area contributed by atoms with Gasteiger partial charge in [-0.15, -0.1) is 16.4 Å². The first-order chi connectivity index (χ1) is 12.1. The Morgan fingerprint density at radius 2 is 2.16 bits per heavy atom. The van der Waals surface area contributed by atoms with Gasteiger partial charge in [-0.3, -0.25) is 4.90 Å². The fraction of sp³-hybridized carbons (Fsp3) is 0.412. The van der Waals surface area contributed by atoms with Crippen molar-refractivity contribution in [2.24, 2.45) is 0 Å². The molecule has 0 atom stereocenters. The average Bonchev–Trinajstić information content (AvgIpc) is 3.33. The van der Waals surface area contributed by atoms with E-state index < -0.39 is 11.4 Å². The van der Waals surface area contributed by atoms with Gasteiger partial charge in [0.2, 0.25) is 0 Å². The Bertz CT molecular complexity index is 858. The van der Waals surface area contributed by atoms with Gasteiger partial charge >= 0.3 is 5.76 Å². The summed E-state index contributed by atoms with van der Waals surface area (Å²) in [5.74, 6) is -0.223. The number of rotatable bonds is 5. The highest BCUT2D eigenvalue weighted by Gasteiger charge is 2.34. The molecule has 1 aliphatic heterocycles. The Hall–Kier alpha value is -2.16. The fourth-order valence-electron chi connectivity index (χ4n) is 3.11. The van der Waals surface area contributed by atoms with E-state index in [1.165, 1.54) is 16.0 Å². The molecule has 132 valence electrons. The Balaban J connectivity index is 1.40. The number of aromatic nitrogens is 2. The number of nitrogens with zero attached hydrogens (tertiary/aromatic N) is 3. The molecule has 0 aliphatic carbocycles. The van der Waals surface area contributed by atoms with Crippen molar-refractivity contribution >= 4 is 11.3 Å². The van der Waals surface area contributed by atoms with Gasteiger partial charge in [-0.25, -0.2) is 4.79 Å². The summed E-state index contributed by atoms with van der Waals surface area (Å²) in [6.07, 6.45) is 4.57. The van der Waals surface area contributed by atoms with Crippen molar-refractivity contribution in [3.63, 3.8) is 0 Å². The smallest absolute Gasteiger partial charge is 0.437 e. The molecule has 4 rings (SSSR count). The first-order valence-electron chi connectivity index (χ1n) is 8.19. The van der Waals surface area contributed by atoms with Gasteiger partial charge in [-0.1, -0.05) is 6.07 Å². The van der Waals surface area contributed by atoms with Crippen LogP contribution >= 0.6 is 11.3 Å². The molecule has 1 N–H and O–H groups in total. The third kappa shape index (κ3) is 3.60. The van der Waals surface area contributed by atoms with Gasteiger partial charge in [0.05, 0.1) is 29.5 Å². The Morgan fingerprint density at radius 1 is 1.32 bits per heavy atom. The highest BCUT2D eigenvalue weighted by atomic mass is 32.1. The van der Waals surface area contributed by atoms with E-state index in [4.69, 9.17) is 8.83 Å². The maximum Gasteiger partial charge on any atom is 0.437 e. The molecule has 0 bridgehead atoms. The SMILES string of the molecule is O=c1oc(-c2cccs2)nn1CC1(O)CCN(Cc2ccoc2)CC1. The third-order valence-electron chi connectivity index (χ3n) is 4.56. The molecule has 0 amide bonds. The van der Waals surface area contributed by atoms with Crippen molar-refractivity contribution < 1.29 is 13.9 Å². The maximum atomic E-state index is 12.0. The van der Waals surface area contributed by atoms with Gasteiger partial charge < -0.3 is 13.9 Å². The van der Waals surface area contributed by atoms with Crippen LogP contribution in [0.5, 0.6) is 0 Å². The first kappa shape index (κ1) is 16.3. The third-order valence-corrected chi connectivity index (χ3v) is 5.41. The summed E-state index contributed by atoms with van der Waals surface area (Å²) >= 11 is 1.46. The van der Waals surface area contributed by atoms with E-state index >= 15 is 0 Å². The molecule has 7 nitrogen and oxygen atoms in total. The molecule has 1 aliphatic rings. The predicted molar refractivity (Wildman–Crippen MR) is 92.2 cm³/mol. The van der Waals surface area contributed by atoms with Crippen LogP contribution in [0.25, 0.3) is 10.8 Å². The minimum Gasteiger partial charge on any atom is -0.472 e. The molecule has 0 unspecified atom stereocenters. The van der Waals surface area contributed by atoms with Crippen LogP contribution in [0, 0.1) is 0 Å². The van der Waals surface area contributed by atoms with Gasteiger partial charge in [0.1, 0.15) is 0 Å². The van der Waals surface area contributed by atoms with E-state index in [2.05, 4.69) is 10.00 Å². The molecular weight excluding hydrogens is 342 g/mol. The topological polar surface area (TPSA) is 84.6 Å². The summed E-state index contributed by atoms with van der Waals surface area (Å²) in [5.41, 5.74) is 0.180. The maximum absolute atomic E-state index is 12.0. The molecule has 3 aromatic heterocycles. The number of hydrogen-bond acceptors (Lipinski definition) is 7. The lowest BCUT2D eigenvalue weighted by molar-refractivity contribution is -0.0392. The van der Waals surface area contributed by atoms with Gasteiger partial charge in [-0.05, 0) is 30.4 Å². The molecule has 4 heterocycles. The Morgan fingerprint density at radius 3 is 2.84 bits per heavy atom. The zero-order valence-corrected chi connectivity index (χ0v) is 14.4. The molecular formula is C17H19N3O4S. The largest absolute Gasteiger partial charge is 0.472 e. The number of thiophene rings is 1. The normalized spacial score (nSPS) is 17.8. The zero-order chi connectivity index (χ0) is 17.3. The van der Waals surface area contributed by atoms with E-state index in [1.54, 1.807) is 12.5 Å². The van der Waals surface area contributed by atoms with Crippen molar-refractivity contribution in [3.05, 3.63) is 52.2 Å². The average molecular weight is 361 g/mol. The van der Waals surface area contributed by atoms with E-state index in [0.29, 0.717) is 18.7 Å². The van der Waals surface area contributed by atoms with Gasteiger partial charge in [0.25, 0.3) is 5.89 Å². The summed E-state index contributed by atoms with van der Waals surface area (Å²) in [6.45, 7) is 2.47. The summed E-state index contributed by atoms with van der Waals surface area (Å²) in [6, 6.07) is 5.67. The quantitative estimate of drug-likeness (QED) is 0.750. The lowest BCUT2D eigenvalue weighted by atomic mass is 9.91. The van der Waals surface area contributed by atoms with Crippen LogP contribution in [0.15, 0.2) is 49.7 Å². The minimum absolute atomic E-state index is 0.153. The van der Waals surface area contributed by atoms with Crippen LogP contribution in [-0.4, -0.2) is 38.5 Å². The lowest BCUT2D eigenvalue weighted by Crippen LogP contribution is -2.47. The van der Waals surface area contributed by atoms with Crippen molar-refractivity contribution in [3.8, 4) is 10.8 Å². The summed E-state index contributed by atoms with van der Waals surface area (Å²) in [4.78, 5) is 15.1. The van der Waals surface area contributed by atoms with Crippen LogP contribution in [0.2, 0.25) is 0 Å². The van der Waals surface area contributed by atoms with Crippen molar-refractivity contribution in [2.75, 3.05) is 13.1 Å². The number of aliphatic hydroxyl groups is 1. The monoisotopic (exact) mass is 361 g/mol. The summed E-state index contributed by atoms with van der Waals surface area (Å²) in [5, 5.41) is 17.0. The van der Waals surface area contributed by atoms with E-state index in [9.17, 15) is 9.90 Å². The molecule has 0 spiro atoms. The summed E-state index contributed by atoms with van der Waals surface area (Å²) < 4.78 is 11.5. The van der Waals surface area contributed by atoms with E-state index in [1.807, 2.05) is 23.6 Å². The van der Waals surface area contributed by atoms with Gasteiger partial charge in [-0.2, -0.15) is 4.68 Å². The predicted octanol–water partition coefficient (Wildman–Crippen LogP) is 2.18. The van der Waals surface area contributed by atoms with Crippen LogP contribution in [-0.2, 0) is 13.1 Å². The molecule has 1 fully saturated rings. The number of furan rings is 1. The zero-order valence-electron chi connectivity index (χ0n) is 13.6. The lowest BCUT2D eigenvalue weighted by Gasteiger charge is -2.37. The molecule has 0 aromatic carbocycles. The summed E-state index contributed by atoms with van der Waals surface area (Å²) in [7, 11) is 0. The molecule has 0 saturated carbocycles. The van der Waals surface area contributed by atoms with Gasteiger partial charge in [0, 0.05) is 25.2 Å². The number of piperidine rings is 1. The Kier molecular flexibility index (Phi) is 4.32. The van der Waals surface area contributed by atoms with E-state index in [0.717, 1.165) is 30.1 Å². The van der Waals surface area contributed by atoms with Gasteiger partial charge in [0.15, 0.2) is 0 Å². The van der Waals surface area contributed by atoms with Crippen LogP contribution in [0.3, 0.4) is 0 Å². The molecule has 0 radical (unpaired) electrons.